The molecule has 1 aromatic carbocycles. The van der Waals surface area contributed by atoms with Gasteiger partial charge in [-0.05, 0) is 29.9 Å². The molecule has 0 spiro atoms. The van der Waals surface area contributed by atoms with Crippen molar-refractivity contribution in [2.45, 2.75) is 51.9 Å². The summed E-state index contributed by atoms with van der Waals surface area (Å²) in [6.07, 6.45) is 3.00. The molecule has 0 aliphatic heterocycles. The molecule has 19 heavy (non-hydrogen) atoms. The molecule has 3 heteroatoms. The molecule has 0 atom stereocenters. The molecule has 0 radical (unpaired) electrons. The molecular formula is C16H25NO2. The number of unbranched alkanes of at least 4 members (excludes halogenated alkanes) is 2. The molecule has 106 valence electrons. The molecule has 0 heterocycles. The van der Waals surface area contributed by atoms with Crippen LogP contribution in [-0.4, -0.2) is 17.6 Å². The lowest BCUT2D eigenvalue weighted by Gasteiger charge is -2.23. The van der Waals surface area contributed by atoms with Gasteiger partial charge in [-0.1, -0.05) is 45.4 Å². The summed E-state index contributed by atoms with van der Waals surface area (Å²) in [6.45, 7) is 7.52. The van der Waals surface area contributed by atoms with Gasteiger partial charge in [0.05, 0.1) is 0 Å². The van der Waals surface area contributed by atoms with E-state index >= 15 is 0 Å². The van der Waals surface area contributed by atoms with Gasteiger partial charge in [0.1, 0.15) is 0 Å². The van der Waals surface area contributed by atoms with Gasteiger partial charge in [0.25, 0.3) is 0 Å². The van der Waals surface area contributed by atoms with Crippen LogP contribution in [0.5, 0.6) is 0 Å². The number of carbonyl (C=O) groups is 1. The number of hydrogen-bond donors (Lipinski definition) is 2. The second-order valence-corrected chi connectivity index (χ2v) is 5.93. The van der Waals surface area contributed by atoms with E-state index in [0.29, 0.717) is 0 Å². The van der Waals surface area contributed by atoms with Crippen LogP contribution in [-0.2, 0) is 10.2 Å². The lowest BCUT2D eigenvalue weighted by molar-refractivity contribution is -0.137. The maximum atomic E-state index is 10.4. The van der Waals surface area contributed by atoms with Gasteiger partial charge in [0, 0.05) is 18.7 Å². The minimum atomic E-state index is -0.703. The molecule has 0 unspecified atom stereocenters. The van der Waals surface area contributed by atoms with Crippen LogP contribution in [0.2, 0.25) is 0 Å². The highest BCUT2D eigenvalue weighted by Gasteiger charge is 2.16. The average Bonchev–Trinajstić information content (AvgIpc) is 2.32. The van der Waals surface area contributed by atoms with E-state index in [4.69, 9.17) is 5.11 Å². The molecular weight excluding hydrogens is 238 g/mol. The Morgan fingerprint density at radius 3 is 2.47 bits per heavy atom. The summed E-state index contributed by atoms with van der Waals surface area (Å²) in [4.78, 5) is 10.4. The first-order chi connectivity index (χ1) is 8.91. The van der Waals surface area contributed by atoms with Crippen molar-refractivity contribution in [2.24, 2.45) is 0 Å². The summed E-state index contributed by atoms with van der Waals surface area (Å²) in [7, 11) is 0. The fourth-order valence-electron chi connectivity index (χ4n) is 2.09. The Hall–Kier alpha value is -1.51. The first-order valence-electron chi connectivity index (χ1n) is 6.96. The van der Waals surface area contributed by atoms with Crippen LogP contribution < -0.4 is 5.32 Å². The molecule has 2 N–H and O–H groups in total. The third-order valence-electron chi connectivity index (χ3n) is 3.12. The zero-order valence-corrected chi connectivity index (χ0v) is 12.2. The van der Waals surface area contributed by atoms with Gasteiger partial charge in [0.2, 0.25) is 0 Å². The van der Waals surface area contributed by atoms with E-state index in [2.05, 4.69) is 44.3 Å². The fraction of sp³-hybridized carbons (Fsp3) is 0.562. The maximum Gasteiger partial charge on any atom is 0.303 e. The van der Waals surface area contributed by atoms with Gasteiger partial charge in [-0.3, -0.25) is 4.79 Å². The number of para-hydroxylation sites is 1. The number of rotatable bonds is 7. The molecule has 1 aromatic rings. The SMILES string of the molecule is CC(C)(C)c1ccccc1NCCCCCC(=O)O. The van der Waals surface area contributed by atoms with E-state index in [1.807, 2.05) is 6.07 Å². The van der Waals surface area contributed by atoms with E-state index in [0.717, 1.165) is 25.8 Å². The third-order valence-corrected chi connectivity index (χ3v) is 3.12. The van der Waals surface area contributed by atoms with Gasteiger partial charge in [-0.25, -0.2) is 0 Å². The predicted molar refractivity (Wildman–Crippen MR) is 79.7 cm³/mol. The normalized spacial score (nSPS) is 11.3. The Balaban J connectivity index is 2.39. The number of carboxylic acid groups (broad SMARTS) is 1. The summed E-state index contributed by atoms with van der Waals surface area (Å²) < 4.78 is 0. The van der Waals surface area contributed by atoms with Crippen molar-refractivity contribution in [1.29, 1.82) is 0 Å². The van der Waals surface area contributed by atoms with Crippen LogP contribution in [0, 0.1) is 0 Å². The zero-order valence-electron chi connectivity index (χ0n) is 12.2. The van der Waals surface area contributed by atoms with E-state index in [9.17, 15) is 4.79 Å². The number of nitrogens with one attached hydrogen (secondary N) is 1. The molecule has 0 amide bonds. The molecule has 1 rings (SSSR count). The van der Waals surface area contributed by atoms with Gasteiger partial charge < -0.3 is 10.4 Å². The van der Waals surface area contributed by atoms with Crippen LogP contribution in [0.4, 0.5) is 5.69 Å². The van der Waals surface area contributed by atoms with Crippen LogP contribution >= 0.6 is 0 Å². The molecule has 0 aliphatic carbocycles. The number of hydrogen-bond acceptors (Lipinski definition) is 2. The van der Waals surface area contributed by atoms with Crippen molar-refractivity contribution in [3.05, 3.63) is 29.8 Å². The van der Waals surface area contributed by atoms with Crippen LogP contribution in [0.25, 0.3) is 0 Å². The molecule has 3 nitrogen and oxygen atoms in total. The summed E-state index contributed by atoms with van der Waals surface area (Å²) in [5.74, 6) is -0.703. The van der Waals surface area contributed by atoms with Crippen LogP contribution in [0.15, 0.2) is 24.3 Å². The molecule has 0 fully saturated rings. The monoisotopic (exact) mass is 263 g/mol. The van der Waals surface area contributed by atoms with Gasteiger partial charge in [-0.2, -0.15) is 0 Å². The number of anilines is 1. The average molecular weight is 263 g/mol. The quantitative estimate of drug-likeness (QED) is 0.730. The molecule has 0 aromatic heterocycles. The number of aliphatic carboxylic acids is 1. The van der Waals surface area contributed by atoms with Crippen molar-refractivity contribution >= 4 is 11.7 Å². The minimum Gasteiger partial charge on any atom is -0.481 e. The zero-order chi connectivity index (χ0) is 14.3. The highest BCUT2D eigenvalue weighted by molar-refractivity contribution is 5.66. The first kappa shape index (κ1) is 15.5. The smallest absolute Gasteiger partial charge is 0.303 e. The molecule has 0 bridgehead atoms. The van der Waals surface area contributed by atoms with Crippen molar-refractivity contribution in [2.75, 3.05) is 11.9 Å². The minimum absolute atomic E-state index is 0.132. The summed E-state index contributed by atoms with van der Waals surface area (Å²) >= 11 is 0. The fourth-order valence-corrected chi connectivity index (χ4v) is 2.09. The predicted octanol–water partition coefficient (Wildman–Crippen LogP) is 4.04. The second kappa shape index (κ2) is 7.17. The van der Waals surface area contributed by atoms with Crippen LogP contribution in [0.3, 0.4) is 0 Å². The Kier molecular flexibility index (Phi) is 5.87. The van der Waals surface area contributed by atoms with E-state index in [-0.39, 0.29) is 11.8 Å². The molecule has 0 saturated heterocycles. The Morgan fingerprint density at radius 1 is 1.16 bits per heavy atom. The first-order valence-corrected chi connectivity index (χ1v) is 6.96. The number of benzene rings is 1. The van der Waals surface area contributed by atoms with Crippen molar-refractivity contribution in [3.8, 4) is 0 Å². The lowest BCUT2D eigenvalue weighted by Crippen LogP contribution is -2.15. The Labute approximate surface area is 116 Å². The van der Waals surface area contributed by atoms with E-state index in [1.165, 1.54) is 11.3 Å². The third kappa shape index (κ3) is 5.77. The lowest BCUT2D eigenvalue weighted by atomic mass is 9.86. The highest BCUT2D eigenvalue weighted by Crippen LogP contribution is 2.29. The number of carboxylic acids is 1. The Bertz CT molecular complexity index is 407. The summed E-state index contributed by atoms with van der Waals surface area (Å²) in [6, 6.07) is 8.38. The molecule has 0 aliphatic rings. The van der Waals surface area contributed by atoms with Crippen molar-refractivity contribution < 1.29 is 9.90 Å². The maximum absolute atomic E-state index is 10.4. The van der Waals surface area contributed by atoms with Crippen molar-refractivity contribution in [1.82, 2.24) is 0 Å². The Morgan fingerprint density at radius 2 is 1.84 bits per heavy atom. The highest BCUT2D eigenvalue weighted by atomic mass is 16.4. The summed E-state index contributed by atoms with van der Waals surface area (Å²) in [5, 5.41) is 12.0. The standard InChI is InChI=1S/C16H25NO2/c1-16(2,3)13-9-6-7-10-14(13)17-12-8-4-5-11-15(18)19/h6-7,9-10,17H,4-5,8,11-12H2,1-3H3,(H,18,19). The van der Waals surface area contributed by atoms with E-state index in [1.54, 1.807) is 0 Å². The van der Waals surface area contributed by atoms with Gasteiger partial charge in [0.15, 0.2) is 0 Å². The van der Waals surface area contributed by atoms with Gasteiger partial charge in [-0.15, -0.1) is 0 Å². The van der Waals surface area contributed by atoms with Crippen molar-refractivity contribution in [3.63, 3.8) is 0 Å². The summed E-state index contributed by atoms with van der Waals surface area (Å²) in [5.41, 5.74) is 2.64. The second-order valence-electron chi connectivity index (χ2n) is 5.93. The topological polar surface area (TPSA) is 49.3 Å². The molecule has 0 saturated carbocycles. The van der Waals surface area contributed by atoms with Gasteiger partial charge >= 0.3 is 5.97 Å². The largest absolute Gasteiger partial charge is 0.481 e. The van der Waals surface area contributed by atoms with E-state index < -0.39 is 5.97 Å². The van der Waals surface area contributed by atoms with Crippen LogP contribution in [0.1, 0.15) is 52.0 Å².